The Morgan fingerprint density at radius 2 is 2.14 bits per heavy atom. The molecule has 2 aromatic carbocycles. The fourth-order valence-electron chi connectivity index (χ4n) is 3.30. The zero-order chi connectivity index (χ0) is 19.9. The number of aromatic amines is 1. The van der Waals surface area contributed by atoms with E-state index < -0.39 is 6.61 Å². The van der Waals surface area contributed by atoms with E-state index in [1.54, 1.807) is 12.1 Å². The average Bonchev–Trinajstić information content (AvgIpc) is 3.01. The first-order valence-electron chi connectivity index (χ1n) is 8.67. The van der Waals surface area contributed by atoms with Gasteiger partial charge in [-0.15, -0.1) is 0 Å². The number of ether oxygens (including phenoxy) is 2. The Bertz CT molecular complexity index is 1070. The zero-order valence-electron chi connectivity index (χ0n) is 15.2. The number of nitrogens with zero attached hydrogens (tertiary/aromatic N) is 2. The number of aromatic nitrogens is 2. The lowest BCUT2D eigenvalue weighted by Gasteiger charge is -2.37. The topological polar surface area (TPSA) is 70.9 Å². The van der Waals surface area contributed by atoms with Gasteiger partial charge in [-0.3, -0.25) is 0 Å². The van der Waals surface area contributed by atoms with Gasteiger partial charge in [-0.05, 0) is 44.2 Å². The molecular weight excluding hydrogens is 384 g/mol. The Labute approximate surface area is 164 Å². The van der Waals surface area contributed by atoms with Crippen LogP contribution in [0.25, 0.3) is 11.0 Å². The second-order valence-electron chi connectivity index (χ2n) is 7.14. The SMILES string of the molecule is CC1(C)C[C@H](Sc2nc3ccc(OC(F)F)cc3[nH]2)c2cc(C#N)ccc2O1. The molecule has 0 fully saturated rings. The number of rotatable bonds is 4. The molecule has 0 saturated heterocycles. The highest BCUT2D eigenvalue weighted by Gasteiger charge is 2.35. The number of nitrogens with one attached hydrogen (secondary N) is 1. The monoisotopic (exact) mass is 401 g/mol. The molecule has 4 rings (SSSR count). The Kier molecular flexibility index (Phi) is 4.63. The molecule has 1 atom stereocenters. The summed E-state index contributed by atoms with van der Waals surface area (Å²) in [6.45, 7) is 1.17. The number of alkyl halides is 2. The summed E-state index contributed by atoms with van der Waals surface area (Å²) >= 11 is 1.53. The minimum atomic E-state index is -2.87. The van der Waals surface area contributed by atoms with Crippen LogP contribution in [0.2, 0.25) is 0 Å². The van der Waals surface area contributed by atoms with Crippen molar-refractivity contribution in [1.29, 1.82) is 5.26 Å². The molecule has 1 aliphatic heterocycles. The Hall–Kier alpha value is -2.79. The number of hydrogen-bond donors (Lipinski definition) is 1. The third-order valence-electron chi connectivity index (χ3n) is 4.46. The van der Waals surface area contributed by atoms with E-state index in [1.807, 2.05) is 26.0 Å². The van der Waals surface area contributed by atoms with Gasteiger partial charge in [-0.2, -0.15) is 14.0 Å². The lowest BCUT2D eigenvalue weighted by atomic mass is 9.93. The molecule has 2 heterocycles. The van der Waals surface area contributed by atoms with Crippen molar-refractivity contribution in [2.75, 3.05) is 0 Å². The van der Waals surface area contributed by atoms with Crippen LogP contribution in [-0.4, -0.2) is 22.2 Å². The third-order valence-corrected chi connectivity index (χ3v) is 5.58. The van der Waals surface area contributed by atoms with E-state index in [9.17, 15) is 14.0 Å². The maximum Gasteiger partial charge on any atom is 0.387 e. The molecule has 28 heavy (non-hydrogen) atoms. The maximum atomic E-state index is 12.4. The molecule has 144 valence electrons. The van der Waals surface area contributed by atoms with Gasteiger partial charge in [0.25, 0.3) is 0 Å². The molecule has 1 N–H and O–H groups in total. The number of imidazole rings is 1. The van der Waals surface area contributed by atoms with Gasteiger partial charge in [0.2, 0.25) is 0 Å². The van der Waals surface area contributed by atoms with Gasteiger partial charge in [0.1, 0.15) is 17.1 Å². The molecule has 0 saturated carbocycles. The van der Waals surface area contributed by atoms with Crippen molar-refractivity contribution < 1.29 is 18.3 Å². The smallest absolute Gasteiger partial charge is 0.387 e. The quantitative estimate of drug-likeness (QED) is 0.631. The number of hydrogen-bond acceptors (Lipinski definition) is 5. The van der Waals surface area contributed by atoms with E-state index in [0.717, 1.165) is 17.7 Å². The van der Waals surface area contributed by atoms with Crippen LogP contribution in [0.5, 0.6) is 11.5 Å². The molecule has 0 spiro atoms. The second kappa shape index (κ2) is 6.99. The number of thioether (sulfide) groups is 1. The van der Waals surface area contributed by atoms with E-state index in [2.05, 4.69) is 20.8 Å². The van der Waals surface area contributed by atoms with Crippen LogP contribution in [0.1, 0.15) is 36.6 Å². The van der Waals surface area contributed by atoms with Crippen molar-refractivity contribution in [2.45, 2.75) is 42.9 Å². The van der Waals surface area contributed by atoms with Crippen molar-refractivity contribution >= 4 is 22.8 Å². The summed E-state index contributed by atoms with van der Waals surface area (Å²) in [4.78, 5) is 7.71. The van der Waals surface area contributed by atoms with Crippen LogP contribution in [0.4, 0.5) is 8.78 Å². The van der Waals surface area contributed by atoms with Crippen LogP contribution >= 0.6 is 11.8 Å². The first-order valence-corrected chi connectivity index (χ1v) is 9.55. The highest BCUT2D eigenvalue weighted by Crippen LogP contribution is 2.48. The van der Waals surface area contributed by atoms with Crippen molar-refractivity contribution in [3.8, 4) is 17.6 Å². The van der Waals surface area contributed by atoms with Crippen LogP contribution in [0, 0.1) is 11.3 Å². The zero-order valence-corrected chi connectivity index (χ0v) is 16.0. The summed E-state index contributed by atoms with van der Waals surface area (Å²) in [6.07, 6.45) is 0.732. The van der Waals surface area contributed by atoms with Gasteiger partial charge in [-0.1, -0.05) is 11.8 Å². The fraction of sp³-hybridized carbons (Fsp3) is 0.300. The molecule has 3 aromatic rings. The number of H-pyrrole nitrogens is 1. The molecule has 0 radical (unpaired) electrons. The van der Waals surface area contributed by atoms with Crippen molar-refractivity contribution in [3.05, 3.63) is 47.5 Å². The molecule has 0 bridgehead atoms. The minimum Gasteiger partial charge on any atom is -0.487 e. The lowest BCUT2D eigenvalue weighted by molar-refractivity contribution is -0.0497. The molecule has 0 aliphatic carbocycles. The first-order chi connectivity index (χ1) is 13.3. The molecule has 0 unspecified atom stereocenters. The van der Waals surface area contributed by atoms with Gasteiger partial charge in [0.15, 0.2) is 5.16 Å². The summed E-state index contributed by atoms with van der Waals surface area (Å²) in [6, 6.07) is 12.2. The summed E-state index contributed by atoms with van der Waals surface area (Å²) in [5, 5.41) is 9.92. The summed E-state index contributed by atoms with van der Waals surface area (Å²) < 4.78 is 35.3. The molecule has 1 aliphatic rings. The normalized spacial score (nSPS) is 17.8. The van der Waals surface area contributed by atoms with Crippen LogP contribution in [-0.2, 0) is 0 Å². The predicted molar refractivity (Wildman–Crippen MR) is 102 cm³/mol. The van der Waals surface area contributed by atoms with E-state index >= 15 is 0 Å². The number of nitriles is 1. The maximum absolute atomic E-state index is 12.4. The molecule has 1 aromatic heterocycles. The van der Waals surface area contributed by atoms with Gasteiger partial charge in [0.05, 0.1) is 22.7 Å². The highest BCUT2D eigenvalue weighted by atomic mass is 32.2. The first kappa shape index (κ1) is 18.6. The molecular formula is C20H17F2N3O2S. The van der Waals surface area contributed by atoms with Gasteiger partial charge < -0.3 is 14.5 Å². The van der Waals surface area contributed by atoms with Crippen LogP contribution in [0.15, 0.2) is 41.6 Å². The second-order valence-corrected chi connectivity index (χ2v) is 8.33. The van der Waals surface area contributed by atoms with E-state index in [0.29, 0.717) is 21.8 Å². The standard InChI is InChI=1S/C20H17F2N3O2S/c1-20(2)9-17(13-7-11(10-23)3-6-16(13)27-20)28-19-24-14-5-4-12(26-18(21)22)8-15(14)25-19/h3-8,17-18H,9H2,1-2H3,(H,24,25)/t17-/m0/s1. The summed E-state index contributed by atoms with van der Waals surface area (Å²) in [7, 11) is 0. The Morgan fingerprint density at radius 1 is 1.32 bits per heavy atom. The summed E-state index contributed by atoms with van der Waals surface area (Å²) in [5.74, 6) is 0.843. The Morgan fingerprint density at radius 3 is 2.89 bits per heavy atom. The van der Waals surface area contributed by atoms with Gasteiger partial charge >= 0.3 is 6.61 Å². The van der Waals surface area contributed by atoms with Crippen molar-refractivity contribution in [2.24, 2.45) is 0 Å². The van der Waals surface area contributed by atoms with Gasteiger partial charge in [0, 0.05) is 23.3 Å². The largest absolute Gasteiger partial charge is 0.487 e. The number of halogens is 2. The average molecular weight is 401 g/mol. The number of benzene rings is 2. The molecule has 8 heteroatoms. The third kappa shape index (κ3) is 3.76. The predicted octanol–water partition coefficient (Wildman–Crippen LogP) is 5.43. The van der Waals surface area contributed by atoms with Crippen LogP contribution < -0.4 is 9.47 Å². The highest BCUT2D eigenvalue weighted by molar-refractivity contribution is 7.99. The summed E-state index contributed by atoms with van der Waals surface area (Å²) in [5.41, 5.74) is 2.46. The molecule has 0 amide bonds. The lowest BCUT2D eigenvalue weighted by Crippen LogP contribution is -2.34. The van der Waals surface area contributed by atoms with E-state index in [1.165, 1.54) is 23.9 Å². The van der Waals surface area contributed by atoms with Crippen molar-refractivity contribution in [1.82, 2.24) is 9.97 Å². The van der Waals surface area contributed by atoms with E-state index in [4.69, 9.17) is 4.74 Å². The van der Waals surface area contributed by atoms with Crippen molar-refractivity contribution in [3.63, 3.8) is 0 Å². The molecule has 5 nitrogen and oxygen atoms in total. The number of fused-ring (bicyclic) bond motifs is 2. The minimum absolute atomic E-state index is 0.0318. The Balaban J connectivity index is 1.66. The van der Waals surface area contributed by atoms with Crippen LogP contribution in [0.3, 0.4) is 0 Å². The fourth-order valence-corrected chi connectivity index (χ4v) is 4.68. The van der Waals surface area contributed by atoms with E-state index in [-0.39, 0.29) is 16.6 Å². The van der Waals surface area contributed by atoms with Gasteiger partial charge in [-0.25, -0.2) is 4.98 Å².